The Labute approximate surface area is 119 Å². The van der Waals surface area contributed by atoms with E-state index in [-0.39, 0.29) is 5.82 Å². The van der Waals surface area contributed by atoms with Crippen LogP contribution in [0.4, 0.5) is 11.6 Å². The second-order valence-electron chi connectivity index (χ2n) is 5.42. The summed E-state index contributed by atoms with van der Waals surface area (Å²) in [5.74, 6) is 1.14. The molecule has 0 bridgehead atoms. The zero-order valence-corrected chi connectivity index (χ0v) is 12.2. The molecule has 0 amide bonds. The minimum Gasteiger partial charge on any atom is -0.358 e. The molecule has 0 saturated carbocycles. The maximum absolute atomic E-state index is 11.1. The summed E-state index contributed by atoms with van der Waals surface area (Å²) in [4.78, 5) is 16.8. The lowest BCUT2D eigenvalue weighted by atomic mass is 9.99. The van der Waals surface area contributed by atoms with E-state index < -0.39 is 4.92 Å². The second-order valence-corrected chi connectivity index (χ2v) is 5.42. The molecule has 1 aliphatic heterocycles. The van der Waals surface area contributed by atoms with Gasteiger partial charge in [-0.05, 0) is 48.2 Å². The molecule has 2 rings (SSSR count). The molecule has 0 spiro atoms. The number of piperidine rings is 1. The van der Waals surface area contributed by atoms with Crippen LogP contribution in [0.15, 0.2) is 6.33 Å². The Morgan fingerprint density at radius 1 is 1.65 bits per heavy atom. The van der Waals surface area contributed by atoms with E-state index in [0.717, 1.165) is 32.6 Å². The lowest BCUT2D eigenvalue weighted by molar-refractivity contribution is -0.388. The van der Waals surface area contributed by atoms with Crippen LogP contribution < -0.4 is 10.2 Å². The third-order valence-electron chi connectivity index (χ3n) is 3.73. The van der Waals surface area contributed by atoms with Gasteiger partial charge >= 0.3 is 5.82 Å². The topological polar surface area (TPSA) is 76.2 Å². The van der Waals surface area contributed by atoms with E-state index >= 15 is 0 Å². The van der Waals surface area contributed by atoms with Crippen LogP contribution in [-0.2, 0) is 7.05 Å². The fraction of sp³-hybridized carbons (Fsp3) is 0.769. The van der Waals surface area contributed by atoms with Crippen molar-refractivity contribution in [2.75, 3.05) is 31.1 Å². The maximum Gasteiger partial charge on any atom is 0.406 e. The number of anilines is 1. The Kier molecular flexibility index (Phi) is 4.94. The molecule has 2 heterocycles. The van der Waals surface area contributed by atoms with Crippen LogP contribution in [0.1, 0.15) is 26.2 Å². The number of aromatic nitrogens is 2. The van der Waals surface area contributed by atoms with E-state index in [9.17, 15) is 10.1 Å². The Hall–Kier alpha value is -1.63. The van der Waals surface area contributed by atoms with Crippen molar-refractivity contribution in [3.63, 3.8) is 0 Å². The predicted octanol–water partition coefficient (Wildman–Crippen LogP) is 1.54. The SMILES string of the molecule is CCCN(CC1CCCNC1)c1c([N+](=O)[O-])ncn1C. The first-order valence-corrected chi connectivity index (χ1v) is 7.24. The summed E-state index contributed by atoms with van der Waals surface area (Å²) in [5.41, 5.74) is 0. The Balaban J connectivity index is 2.18. The molecule has 0 aliphatic carbocycles. The molecule has 1 fully saturated rings. The first-order chi connectivity index (χ1) is 9.63. The lowest BCUT2D eigenvalue weighted by Gasteiger charge is -2.30. The standard InChI is InChI=1S/C13H23N5O2/c1-3-7-17(9-11-5-4-6-14-8-11)13-12(18(19)20)15-10-16(13)2/h10-11,14H,3-9H2,1-2H3. The first-order valence-electron chi connectivity index (χ1n) is 7.24. The van der Waals surface area contributed by atoms with Crippen LogP contribution in [0.5, 0.6) is 0 Å². The average Bonchev–Trinajstić information content (AvgIpc) is 2.81. The molecule has 1 atom stereocenters. The van der Waals surface area contributed by atoms with Gasteiger partial charge in [0.15, 0.2) is 0 Å². The quantitative estimate of drug-likeness (QED) is 0.632. The minimum absolute atomic E-state index is 0.0373. The Bertz CT molecular complexity index is 454. The molecule has 1 aliphatic rings. The molecule has 0 aromatic carbocycles. The number of nitrogens with zero attached hydrogens (tertiary/aromatic N) is 4. The van der Waals surface area contributed by atoms with Crippen LogP contribution in [0.2, 0.25) is 0 Å². The number of imidazole rings is 1. The first kappa shape index (κ1) is 14.8. The molecule has 1 aromatic heterocycles. The second kappa shape index (κ2) is 6.69. The van der Waals surface area contributed by atoms with Crippen molar-refractivity contribution in [2.45, 2.75) is 26.2 Å². The molecule has 20 heavy (non-hydrogen) atoms. The highest BCUT2D eigenvalue weighted by Crippen LogP contribution is 2.27. The lowest BCUT2D eigenvalue weighted by Crippen LogP contribution is -2.39. The van der Waals surface area contributed by atoms with E-state index in [4.69, 9.17) is 0 Å². The van der Waals surface area contributed by atoms with Crippen molar-refractivity contribution >= 4 is 11.6 Å². The van der Waals surface area contributed by atoms with Crippen LogP contribution >= 0.6 is 0 Å². The number of aryl methyl sites for hydroxylation is 1. The largest absolute Gasteiger partial charge is 0.406 e. The van der Waals surface area contributed by atoms with Gasteiger partial charge < -0.3 is 20.3 Å². The number of rotatable bonds is 6. The summed E-state index contributed by atoms with van der Waals surface area (Å²) in [6.45, 7) is 5.83. The molecule has 7 heteroatoms. The van der Waals surface area contributed by atoms with Gasteiger partial charge in [0.05, 0.1) is 0 Å². The van der Waals surface area contributed by atoms with Crippen molar-refractivity contribution in [3.05, 3.63) is 16.4 Å². The zero-order chi connectivity index (χ0) is 14.5. The number of hydrogen-bond donors (Lipinski definition) is 1. The van der Waals surface area contributed by atoms with Gasteiger partial charge in [0.2, 0.25) is 12.1 Å². The van der Waals surface area contributed by atoms with Crippen molar-refractivity contribution in [2.24, 2.45) is 13.0 Å². The minimum atomic E-state index is -0.392. The van der Waals surface area contributed by atoms with Crippen LogP contribution in [-0.4, -0.2) is 40.7 Å². The van der Waals surface area contributed by atoms with Gasteiger partial charge in [0.1, 0.15) is 0 Å². The summed E-state index contributed by atoms with van der Waals surface area (Å²) in [5, 5.41) is 14.5. The van der Waals surface area contributed by atoms with E-state index in [2.05, 4.69) is 22.1 Å². The highest BCUT2D eigenvalue weighted by atomic mass is 16.6. The fourth-order valence-corrected chi connectivity index (χ4v) is 2.85. The van der Waals surface area contributed by atoms with Gasteiger partial charge in [-0.2, -0.15) is 0 Å². The van der Waals surface area contributed by atoms with Gasteiger partial charge in [0.25, 0.3) is 0 Å². The van der Waals surface area contributed by atoms with Crippen LogP contribution in [0.3, 0.4) is 0 Å². The molecule has 1 aromatic rings. The fourth-order valence-electron chi connectivity index (χ4n) is 2.85. The van der Waals surface area contributed by atoms with Gasteiger partial charge in [-0.3, -0.25) is 4.57 Å². The molecule has 112 valence electrons. The predicted molar refractivity (Wildman–Crippen MR) is 78.0 cm³/mol. The molecule has 1 saturated heterocycles. The Morgan fingerprint density at radius 3 is 3.05 bits per heavy atom. The normalized spacial score (nSPS) is 19.0. The summed E-state index contributed by atoms with van der Waals surface area (Å²) in [6, 6.07) is 0. The van der Waals surface area contributed by atoms with Gasteiger partial charge in [-0.25, -0.2) is 0 Å². The molecule has 1 N–H and O–H groups in total. The maximum atomic E-state index is 11.1. The Morgan fingerprint density at radius 2 is 2.45 bits per heavy atom. The number of hydrogen-bond acceptors (Lipinski definition) is 5. The zero-order valence-electron chi connectivity index (χ0n) is 12.2. The van der Waals surface area contributed by atoms with E-state index in [1.165, 1.54) is 19.2 Å². The van der Waals surface area contributed by atoms with E-state index in [1.54, 1.807) is 4.57 Å². The summed E-state index contributed by atoms with van der Waals surface area (Å²) < 4.78 is 1.75. The van der Waals surface area contributed by atoms with Gasteiger partial charge in [-0.15, -0.1) is 0 Å². The van der Waals surface area contributed by atoms with E-state index in [0.29, 0.717) is 11.7 Å². The van der Waals surface area contributed by atoms with E-state index in [1.807, 2.05) is 7.05 Å². The highest BCUT2D eigenvalue weighted by Gasteiger charge is 2.27. The molecule has 1 unspecified atom stereocenters. The molecular formula is C13H23N5O2. The van der Waals surface area contributed by atoms with Crippen molar-refractivity contribution in [3.8, 4) is 0 Å². The molecular weight excluding hydrogens is 258 g/mol. The average molecular weight is 281 g/mol. The van der Waals surface area contributed by atoms with Gasteiger partial charge in [-0.1, -0.05) is 6.92 Å². The number of nitrogens with one attached hydrogen (secondary N) is 1. The number of nitro groups is 1. The van der Waals surface area contributed by atoms with Gasteiger partial charge in [0, 0.05) is 20.1 Å². The molecule has 0 radical (unpaired) electrons. The van der Waals surface area contributed by atoms with Crippen LogP contribution in [0, 0.1) is 16.0 Å². The van der Waals surface area contributed by atoms with Crippen LogP contribution in [0.25, 0.3) is 0 Å². The summed E-state index contributed by atoms with van der Waals surface area (Å²) in [7, 11) is 1.82. The third-order valence-corrected chi connectivity index (χ3v) is 3.73. The smallest absolute Gasteiger partial charge is 0.358 e. The third kappa shape index (κ3) is 3.27. The highest BCUT2D eigenvalue weighted by molar-refractivity contribution is 5.54. The van der Waals surface area contributed by atoms with Crippen molar-refractivity contribution in [1.29, 1.82) is 0 Å². The molecule has 7 nitrogen and oxygen atoms in total. The summed E-state index contributed by atoms with van der Waals surface area (Å²) in [6.07, 6.45) is 4.84. The van der Waals surface area contributed by atoms with Crippen molar-refractivity contribution in [1.82, 2.24) is 14.9 Å². The van der Waals surface area contributed by atoms with Crippen molar-refractivity contribution < 1.29 is 4.92 Å². The summed E-state index contributed by atoms with van der Waals surface area (Å²) >= 11 is 0. The monoisotopic (exact) mass is 281 g/mol.